The molecule has 0 amide bonds. The third-order valence-corrected chi connectivity index (χ3v) is 3.66. The Morgan fingerprint density at radius 1 is 1.23 bits per heavy atom. The van der Waals surface area contributed by atoms with Gasteiger partial charge in [-0.2, -0.15) is 0 Å². The Kier molecular flexibility index (Phi) is 5.60. The molecular weight excluding hydrogens is 307 g/mol. The van der Waals surface area contributed by atoms with E-state index in [0.717, 1.165) is 5.56 Å². The molecule has 0 aliphatic carbocycles. The molecule has 0 radical (unpaired) electrons. The van der Waals surface area contributed by atoms with Crippen LogP contribution in [0, 0.1) is 5.82 Å². The van der Waals surface area contributed by atoms with Gasteiger partial charge in [0.15, 0.2) is 11.5 Å². The lowest BCUT2D eigenvalue weighted by atomic mass is 10.1. The van der Waals surface area contributed by atoms with E-state index in [1.165, 1.54) is 13.2 Å². The number of ether oxygens (including phenoxy) is 2. The van der Waals surface area contributed by atoms with Crippen molar-refractivity contribution in [3.8, 4) is 11.5 Å². The third kappa shape index (κ3) is 3.68. The second kappa shape index (κ2) is 7.45. The van der Waals surface area contributed by atoms with E-state index in [1.807, 2.05) is 0 Å². The molecule has 4 N–H and O–H groups in total. The van der Waals surface area contributed by atoms with Crippen LogP contribution in [-0.4, -0.2) is 13.7 Å². The highest BCUT2D eigenvalue weighted by atomic mass is 35.5. The van der Waals surface area contributed by atoms with Crippen molar-refractivity contribution in [3.05, 3.63) is 58.4 Å². The van der Waals surface area contributed by atoms with Crippen molar-refractivity contribution in [1.29, 1.82) is 0 Å². The Hall–Kier alpha value is -1.82. The Labute approximate surface area is 133 Å². The van der Waals surface area contributed by atoms with Gasteiger partial charge in [0.25, 0.3) is 0 Å². The van der Waals surface area contributed by atoms with Gasteiger partial charge in [0.2, 0.25) is 0 Å². The Balaban J connectivity index is 2.19. The number of halogens is 2. The summed E-state index contributed by atoms with van der Waals surface area (Å²) in [6.07, 6.45) is 0. The van der Waals surface area contributed by atoms with Crippen LogP contribution in [-0.2, 0) is 6.61 Å². The van der Waals surface area contributed by atoms with E-state index >= 15 is 0 Å². The van der Waals surface area contributed by atoms with Gasteiger partial charge in [-0.25, -0.2) is 4.39 Å². The van der Waals surface area contributed by atoms with E-state index in [-0.39, 0.29) is 12.6 Å². The first-order valence-corrected chi connectivity index (χ1v) is 7.14. The van der Waals surface area contributed by atoms with Crippen molar-refractivity contribution in [3.63, 3.8) is 0 Å². The minimum absolute atomic E-state index is 0.00412. The summed E-state index contributed by atoms with van der Waals surface area (Å²) in [5.41, 5.74) is 12.6. The monoisotopic (exact) mass is 324 g/mol. The minimum Gasteiger partial charge on any atom is -0.493 e. The van der Waals surface area contributed by atoms with E-state index in [0.29, 0.717) is 28.6 Å². The van der Waals surface area contributed by atoms with Gasteiger partial charge in [-0.1, -0.05) is 23.7 Å². The maximum absolute atomic E-state index is 13.7. The van der Waals surface area contributed by atoms with Crippen molar-refractivity contribution in [1.82, 2.24) is 0 Å². The Morgan fingerprint density at radius 3 is 2.64 bits per heavy atom. The first kappa shape index (κ1) is 16.5. The number of methoxy groups -OCH3 is 1. The molecule has 0 saturated carbocycles. The van der Waals surface area contributed by atoms with Crippen LogP contribution in [0.5, 0.6) is 11.5 Å². The van der Waals surface area contributed by atoms with Crippen molar-refractivity contribution < 1.29 is 13.9 Å². The normalized spacial score (nSPS) is 12.0. The summed E-state index contributed by atoms with van der Waals surface area (Å²) in [6, 6.07) is 9.51. The number of nitrogens with two attached hydrogens (primary N) is 2. The highest BCUT2D eigenvalue weighted by Crippen LogP contribution is 2.31. The first-order chi connectivity index (χ1) is 10.6. The SMILES string of the molecule is COc1cc(C(N)CN)ccc1OCc1c(F)cccc1Cl. The molecule has 0 aromatic heterocycles. The zero-order valence-electron chi connectivity index (χ0n) is 12.2. The zero-order valence-corrected chi connectivity index (χ0v) is 12.9. The molecule has 0 fully saturated rings. The van der Waals surface area contributed by atoms with Gasteiger partial charge in [0, 0.05) is 18.2 Å². The molecule has 2 rings (SSSR count). The summed E-state index contributed by atoms with van der Waals surface area (Å²) in [4.78, 5) is 0. The van der Waals surface area contributed by atoms with Crippen LogP contribution in [0.2, 0.25) is 5.02 Å². The lowest BCUT2D eigenvalue weighted by Gasteiger charge is -2.15. The van der Waals surface area contributed by atoms with E-state index in [9.17, 15) is 4.39 Å². The minimum atomic E-state index is -0.409. The first-order valence-electron chi connectivity index (χ1n) is 6.76. The van der Waals surface area contributed by atoms with Crippen LogP contribution in [0.1, 0.15) is 17.2 Å². The summed E-state index contributed by atoms with van der Waals surface area (Å²) in [7, 11) is 1.52. The van der Waals surface area contributed by atoms with Gasteiger partial charge in [0.1, 0.15) is 12.4 Å². The molecule has 0 heterocycles. The van der Waals surface area contributed by atoms with E-state index < -0.39 is 5.82 Å². The topological polar surface area (TPSA) is 70.5 Å². The Bertz CT molecular complexity index is 632. The molecule has 0 saturated heterocycles. The summed E-state index contributed by atoms with van der Waals surface area (Å²) >= 11 is 5.97. The van der Waals surface area contributed by atoms with Gasteiger partial charge in [-0.3, -0.25) is 0 Å². The van der Waals surface area contributed by atoms with Crippen molar-refractivity contribution in [2.24, 2.45) is 11.5 Å². The average molecular weight is 325 g/mol. The predicted octanol–water partition coefficient (Wildman–Crippen LogP) is 3.03. The molecule has 118 valence electrons. The highest BCUT2D eigenvalue weighted by molar-refractivity contribution is 6.31. The molecule has 2 aromatic carbocycles. The lowest BCUT2D eigenvalue weighted by Crippen LogP contribution is -2.20. The largest absolute Gasteiger partial charge is 0.493 e. The molecule has 22 heavy (non-hydrogen) atoms. The van der Waals surface area contributed by atoms with Crippen molar-refractivity contribution in [2.75, 3.05) is 13.7 Å². The molecule has 0 aliphatic heterocycles. The number of benzene rings is 2. The number of rotatable bonds is 6. The predicted molar refractivity (Wildman–Crippen MR) is 84.7 cm³/mol. The molecule has 0 aliphatic rings. The molecule has 0 bridgehead atoms. The van der Waals surface area contributed by atoms with Gasteiger partial charge in [-0.15, -0.1) is 0 Å². The van der Waals surface area contributed by atoms with Crippen LogP contribution < -0.4 is 20.9 Å². The fraction of sp³-hybridized carbons (Fsp3) is 0.250. The van der Waals surface area contributed by atoms with E-state index in [2.05, 4.69) is 0 Å². The smallest absolute Gasteiger partial charge is 0.161 e. The summed E-state index contributed by atoms with van der Waals surface area (Å²) in [5, 5.41) is 0.320. The van der Waals surface area contributed by atoms with Crippen LogP contribution in [0.4, 0.5) is 4.39 Å². The maximum atomic E-state index is 13.7. The van der Waals surface area contributed by atoms with Crippen molar-refractivity contribution >= 4 is 11.6 Å². The molecule has 4 nitrogen and oxygen atoms in total. The molecule has 2 aromatic rings. The Morgan fingerprint density at radius 2 is 2.00 bits per heavy atom. The maximum Gasteiger partial charge on any atom is 0.161 e. The van der Waals surface area contributed by atoms with Crippen LogP contribution in [0.3, 0.4) is 0 Å². The van der Waals surface area contributed by atoms with Gasteiger partial charge < -0.3 is 20.9 Å². The number of hydrogen-bond donors (Lipinski definition) is 2. The molecule has 1 atom stereocenters. The molecule has 6 heteroatoms. The fourth-order valence-corrected chi connectivity index (χ4v) is 2.21. The van der Waals surface area contributed by atoms with Gasteiger partial charge in [-0.05, 0) is 29.8 Å². The lowest BCUT2D eigenvalue weighted by molar-refractivity contribution is 0.279. The van der Waals surface area contributed by atoms with Crippen LogP contribution in [0.25, 0.3) is 0 Å². The van der Waals surface area contributed by atoms with Crippen LogP contribution in [0.15, 0.2) is 36.4 Å². The quantitative estimate of drug-likeness (QED) is 0.857. The van der Waals surface area contributed by atoms with Gasteiger partial charge in [0.05, 0.1) is 12.1 Å². The van der Waals surface area contributed by atoms with E-state index in [4.69, 9.17) is 32.5 Å². The second-order valence-corrected chi connectivity index (χ2v) is 5.15. The number of hydrogen-bond acceptors (Lipinski definition) is 4. The highest BCUT2D eigenvalue weighted by Gasteiger charge is 2.12. The summed E-state index contributed by atoms with van der Waals surface area (Å²) in [6.45, 7) is 0.332. The van der Waals surface area contributed by atoms with Crippen molar-refractivity contribution in [2.45, 2.75) is 12.6 Å². The summed E-state index contributed by atoms with van der Waals surface area (Å²) < 4.78 is 24.6. The van der Waals surface area contributed by atoms with Crippen LogP contribution >= 0.6 is 11.6 Å². The molecule has 1 unspecified atom stereocenters. The zero-order chi connectivity index (χ0) is 16.1. The molecule has 0 spiro atoms. The average Bonchev–Trinajstić information content (AvgIpc) is 2.53. The third-order valence-electron chi connectivity index (χ3n) is 3.30. The van der Waals surface area contributed by atoms with E-state index in [1.54, 1.807) is 30.3 Å². The fourth-order valence-electron chi connectivity index (χ4n) is 1.99. The van der Waals surface area contributed by atoms with Gasteiger partial charge >= 0.3 is 0 Å². The standard InChI is InChI=1S/C16H18ClFN2O2/c1-21-16-7-10(14(20)8-19)5-6-15(16)22-9-11-12(17)3-2-4-13(11)18/h2-7,14H,8-9,19-20H2,1H3. The summed E-state index contributed by atoms with van der Waals surface area (Å²) in [5.74, 6) is 0.580. The second-order valence-electron chi connectivity index (χ2n) is 4.74. The molecular formula is C16H18ClFN2O2.